The summed E-state index contributed by atoms with van der Waals surface area (Å²) in [7, 11) is 0. The molecule has 2 unspecified atom stereocenters. The van der Waals surface area contributed by atoms with Crippen molar-refractivity contribution in [3.63, 3.8) is 0 Å². The fourth-order valence-corrected chi connectivity index (χ4v) is 17.0. The molecule has 15 aromatic rings. The van der Waals surface area contributed by atoms with Crippen molar-refractivity contribution in [2.75, 3.05) is 4.90 Å². The van der Waals surface area contributed by atoms with Gasteiger partial charge in [-0.25, -0.2) is 0 Å². The molecule has 2 spiro atoms. The zero-order valence-electron chi connectivity index (χ0n) is 43.9. The molecular formula is C78H46N2S. The van der Waals surface area contributed by atoms with Gasteiger partial charge in [0, 0.05) is 48.0 Å². The Hall–Kier alpha value is -10.1. The van der Waals surface area contributed by atoms with Crippen molar-refractivity contribution in [1.29, 1.82) is 0 Å². The Bertz CT molecular complexity index is 5270. The van der Waals surface area contributed by atoms with Gasteiger partial charge in [-0.2, -0.15) is 0 Å². The van der Waals surface area contributed by atoms with E-state index in [1.165, 1.54) is 147 Å². The molecule has 0 bridgehead atoms. The molecule has 4 aliphatic rings. The minimum atomic E-state index is -0.604. The van der Waals surface area contributed by atoms with E-state index in [1.807, 2.05) is 11.3 Å². The van der Waals surface area contributed by atoms with Gasteiger partial charge in [-0.3, -0.25) is 0 Å². The van der Waals surface area contributed by atoms with Crippen LogP contribution >= 0.6 is 11.3 Å². The Balaban J connectivity index is 0.869. The van der Waals surface area contributed by atoms with Crippen molar-refractivity contribution >= 4 is 81.1 Å². The lowest BCUT2D eigenvalue weighted by Gasteiger charge is -2.40. The predicted molar refractivity (Wildman–Crippen MR) is 338 cm³/mol. The standard InChI is InChI=1S/C78H46N2S/c1-2-17-53-48(16-1)35-43-67-75(53)62-22-5-10-26-65(62)77(67)63-24-8-3-18-54(63)56-41-38-51(45-69(56)77)79(50-36-32-47(33-37-50)49-34-40-60-59-21-7-14-31-73(59)81-74(60)44-49)52-39-42-57-55-19-4-9-25-64(55)78(70(57)46-52)66-27-11-13-30-72(66)80-71-29-12-6-20-58(71)61-23-15-28-68(78)76(61)80/h1-46H. The summed E-state index contributed by atoms with van der Waals surface area (Å²) in [5, 5.41) is 7.75. The van der Waals surface area contributed by atoms with Crippen molar-refractivity contribution in [1.82, 2.24) is 4.57 Å². The van der Waals surface area contributed by atoms with E-state index in [9.17, 15) is 0 Å². The van der Waals surface area contributed by atoms with Crippen molar-refractivity contribution in [3.8, 4) is 50.2 Å². The van der Waals surface area contributed by atoms with Crippen LogP contribution in [0.25, 0.3) is 103 Å². The number of hydrogen-bond donors (Lipinski definition) is 0. The molecule has 1 aliphatic heterocycles. The Morgan fingerprint density at radius 2 is 0.827 bits per heavy atom. The molecule has 2 atom stereocenters. The van der Waals surface area contributed by atoms with E-state index < -0.39 is 10.8 Å². The largest absolute Gasteiger partial charge is 0.310 e. The summed E-state index contributed by atoms with van der Waals surface area (Å²) >= 11 is 1.87. The zero-order chi connectivity index (χ0) is 52.7. The molecule has 0 radical (unpaired) electrons. The molecule has 3 aliphatic carbocycles. The third kappa shape index (κ3) is 5.47. The number of nitrogens with zero attached hydrogens (tertiary/aromatic N) is 2. The first-order valence-corrected chi connectivity index (χ1v) is 29.0. The summed E-state index contributed by atoms with van der Waals surface area (Å²) in [5.41, 5.74) is 26.7. The summed E-state index contributed by atoms with van der Waals surface area (Å²) in [5.74, 6) is 0. The lowest BCUT2D eigenvalue weighted by molar-refractivity contribution is 0.748. The highest BCUT2D eigenvalue weighted by atomic mass is 32.1. The van der Waals surface area contributed by atoms with Gasteiger partial charge < -0.3 is 9.47 Å². The minimum Gasteiger partial charge on any atom is -0.310 e. The summed E-state index contributed by atoms with van der Waals surface area (Å²) < 4.78 is 5.17. The van der Waals surface area contributed by atoms with Crippen molar-refractivity contribution in [2.45, 2.75) is 10.8 Å². The first-order valence-electron chi connectivity index (χ1n) is 28.2. The van der Waals surface area contributed by atoms with E-state index in [0.29, 0.717) is 0 Å². The van der Waals surface area contributed by atoms with Crippen LogP contribution in [-0.4, -0.2) is 4.57 Å². The van der Waals surface area contributed by atoms with Gasteiger partial charge in [0.1, 0.15) is 0 Å². The Kier molecular flexibility index (Phi) is 8.57. The van der Waals surface area contributed by atoms with E-state index in [2.05, 4.69) is 289 Å². The Labute approximate surface area is 472 Å². The number of hydrogen-bond acceptors (Lipinski definition) is 2. The third-order valence-corrected chi connectivity index (χ3v) is 20.1. The maximum absolute atomic E-state index is 2.55. The molecule has 0 fully saturated rings. The second-order valence-corrected chi connectivity index (χ2v) is 23.7. The SMILES string of the molecule is c1ccc2c(c1)-c1ccc(N(c3ccc(-c4ccc5c(c4)sc4ccccc45)cc3)c3ccc4c(c3)C3(c5ccccc5-4)c4ccccc4-n4c5ccccc5c5cccc3c54)cc1C21c2ccccc2-c2c1ccc1ccccc21. The Morgan fingerprint density at radius 1 is 0.296 bits per heavy atom. The van der Waals surface area contributed by atoms with Crippen LogP contribution in [0, 0.1) is 0 Å². The summed E-state index contributed by atoms with van der Waals surface area (Å²) in [6.45, 7) is 0. The van der Waals surface area contributed by atoms with Crippen molar-refractivity contribution in [2.24, 2.45) is 0 Å². The van der Waals surface area contributed by atoms with Crippen LogP contribution in [0.15, 0.2) is 279 Å². The highest BCUT2D eigenvalue weighted by Crippen LogP contribution is 2.66. The molecule has 0 saturated heterocycles. The van der Waals surface area contributed by atoms with Gasteiger partial charge in [0.2, 0.25) is 0 Å². The van der Waals surface area contributed by atoms with Crippen LogP contribution < -0.4 is 4.90 Å². The molecular weight excluding hydrogens is 997 g/mol. The number of para-hydroxylation sites is 3. The number of fused-ring (bicyclic) bond motifs is 27. The Morgan fingerprint density at radius 3 is 1.58 bits per heavy atom. The maximum Gasteiger partial charge on any atom is 0.0755 e. The average Bonchev–Trinajstić information content (AvgIpc) is 4.12. The second-order valence-electron chi connectivity index (χ2n) is 22.6. The lowest BCUT2D eigenvalue weighted by atomic mass is 9.65. The third-order valence-electron chi connectivity index (χ3n) is 19.0. The predicted octanol–water partition coefficient (Wildman–Crippen LogP) is 20.5. The van der Waals surface area contributed by atoms with Crippen LogP contribution in [0.2, 0.25) is 0 Å². The fraction of sp³-hybridized carbons (Fsp3) is 0.0256. The zero-order valence-corrected chi connectivity index (χ0v) is 44.7. The topological polar surface area (TPSA) is 8.17 Å². The van der Waals surface area contributed by atoms with Gasteiger partial charge in [0.25, 0.3) is 0 Å². The van der Waals surface area contributed by atoms with Gasteiger partial charge in [-0.1, -0.05) is 218 Å². The minimum absolute atomic E-state index is 0.536. The van der Waals surface area contributed by atoms with Crippen molar-refractivity contribution < 1.29 is 0 Å². The number of aromatic nitrogens is 1. The quantitative estimate of drug-likeness (QED) is 0.171. The van der Waals surface area contributed by atoms with Crippen LogP contribution in [-0.2, 0) is 10.8 Å². The molecule has 81 heavy (non-hydrogen) atoms. The van der Waals surface area contributed by atoms with Crippen LogP contribution in [0.3, 0.4) is 0 Å². The highest BCUT2D eigenvalue weighted by molar-refractivity contribution is 7.25. The smallest absolute Gasteiger partial charge is 0.0755 e. The van der Waals surface area contributed by atoms with Crippen LogP contribution in [0.5, 0.6) is 0 Å². The van der Waals surface area contributed by atoms with Crippen LogP contribution in [0.4, 0.5) is 17.1 Å². The number of anilines is 3. The normalized spacial score (nSPS) is 16.5. The summed E-state index contributed by atoms with van der Waals surface area (Å²) in [6.07, 6.45) is 0. The van der Waals surface area contributed by atoms with E-state index in [-0.39, 0.29) is 0 Å². The van der Waals surface area contributed by atoms with Gasteiger partial charge in [0.15, 0.2) is 0 Å². The van der Waals surface area contributed by atoms with Gasteiger partial charge in [-0.05, 0) is 160 Å². The first-order chi connectivity index (χ1) is 40.2. The molecule has 3 heterocycles. The number of rotatable bonds is 4. The second kappa shape index (κ2) is 15.8. The molecule has 2 nitrogen and oxygen atoms in total. The van der Waals surface area contributed by atoms with Gasteiger partial charge in [0.05, 0.1) is 27.6 Å². The van der Waals surface area contributed by atoms with Gasteiger partial charge >= 0.3 is 0 Å². The number of thiophene rings is 1. The van der Waals surface area contributed by atoms with Crippen LogP contribution in [0.1, 0.15) is 44.5 Å². The molecule has 2 aromatic heterocycles. The molecule has 13 aromatic carbocycles. The molecule has 19 rings (SSSR count). The lowest BCUT2D eigenvalue weighted by Crippen LogP contribution is -2.33. The average molecular weight is 1040 g/mol. The van der Waals surface area contributed by atoms with E-state index in [1.54, 1.807) is 0 Å². The molecule has 0 saturated carbocycles. The number of benzene rings is 13. The van der Waals surface area contributed by atoms with Gasteiger partial charge in [-0.15, -0.1) is 11.3 Å². The molecule has 0 amide bonds. The maximum atomic E-state index is 2.55. The summed E-state index contributed by atoms with van der Waals surface area (Å²) in [4.78, 5) is 2.54. The highest BCUT2D eigenvalue weighted by Gasteiger charge is 2.53. The van der Waals surface area contributed by atoms with E-state index in [0.717, 1.165) is 17.1 Å². The molecule has 3 heteroatoms. The molecule has 374 valence electrons. The van der Waals surface area contributed by atoms with Crippen molar-refractivity contribution in [3.05, 3.63) is 324 Å². The summed E-state index contributed by atoms with van der Waals surface area (Å²) in [6, 6.07) is 106. The van der Waals surface area contributed by atoms with E-state index in [4.69, 9.17) is 0 Å². The molecule has 0 N–H and O–H groups in total. The first kappa shape index (κ1) is 43.9. The fourth-order valence-electron chi connectivity index (χ4n) is 15.9. The monoisotopic (exact) mass is 1040 g/mol. The van der Waals surface area contributed by atoms with E-state index >= 15 is 0 Å².